The number of anilines is 1. The Morgan fingerprint density at radius 3 is 2.40 bits per heavy atom. The summed E-state index contributed by atoms with van der Waals surface area (Å²) in [6.45, 7) is 5.42. The van der Waals surface area contributed by atoms with Gasteiger partial charge in [0, 0.05) is 5.56 Å². The second-order valence-corrected chi connectivity index (χ2v) is 6.04. The molecule has 0 heterocycles. The first kappa shape index (κ1) is 14.3. The van der Waals surface area contributed by atoms with Crippen molar-refractivity contribution >= 4 is 21.8 Å². The molecule has 0 unspecified atom stereocenters. The molecule has 0 atom stereocenters. The molecule has 0 aromatic heterocycles. The lowest BCUT2D eigenvalue weighted by molar-refractivity contribution is 0.601. The zero-order chi connectivity index (χ0) is 14.8. The first-order chi connectivity index (χ1) is 9.42. The molecule has 104 valence electrons. The van der Waals surface area contributed by atoms with Crippen LogP contribution in [-0.4, -0.2) is 8.42 Å². The molecule has 0 saturated heterocycles. The standard InChI is InChI=1S/C15H14FNO2S/c1-3-12-10-13(16)6-9-15(12)17-20(18,19)14-7-4-11(2)5-8-14/h3-10,17H,1H2,2H3. The third kappa shape index (κ3) is 3.05. The van der Waals surface area contributed by atoms with Crippen LogP contribution in [0.4, 0.5) is 10.1 Å². The Morgan fingerprint density at radius 1 is 1.15 bits per heavy atom. The zero-order valence-electron chi connectivity index (χ0n) is 10.9. The second-order valence-electron chi connectivity index (χ2n) is 4.35. The van der Waals surface area contributed by atoms with E-state index in [1.165, 1.54) is 36.4 Å². The molecule has 0 aliphatic rings. The molecule has 5 heteroatoms. The van der Waals surface area contributed by atoms with Gasteiger partial charge in [0.25, 0.3) is 10.0 Å². The van der Waals surface area contributed by atoms with E-state index >= 15 is 0 Å². The Balaban J connectivity index is 2.38. The SMILES string of the molecule is C=Cc1cc(F)ccc1NS(=O)(=O)c1ccc(C)cc1. The predicted octanol–water partition coefficient (Wildman–Crippen LogP) is 3.58. The van der Waals surface area contributed by atoms with Crippen molar-refractivity contribution < 1.29 is 12.8 Å². The van der Waals surface area contributed by atoms with E-state index in [4.69, 9.17) is 0 Å². The molecule has 0 bridgehead atoms. The molecule has 3 nitrogen and oxygen atoms in total. The number of hydrogen-bond donors (Lipinski definition) is 1. The fraction of sp³-hybridized carbons (Fsp3) is 0.0667. The quantitative estimate of drug-likeness (QED) is 0.936. The van der Waals surface area contributed by atoms with E-state index in [0.29, 0.717) is 11.3 Å². The van der Waals surface area contributed by atoms with Crippen LogP contribution in [0, 0.1) is 12.7 Å². The van der Waals surface area contributed by atoms with Crippen LogP contribution in [0.3, 0.4) is 0 Å². The van der Waals surface area contributed by atoms with Crippen LogP contribution in [0.5, 0.6) is 0 Å². The third-order valence-corrected chi connectivity index (χ3v) is 4.19. The van der Waals surface area contributed by atoms with Gasteiger partial charge in [-0.1, -0.05) is 30.4 Å². The van der Waals surface area contributed by atoms with Crippen molar-refractivity contribution in [3.63, 3.8) is 0 Å². The molecule has 0 saturated carbocycles. The van der Waals surface area contributed by atoms with Crippen LogP contribution in [0.2, 0.25) is 0 Å². The molecule has 0 aliphatic heterocycles. The number of sulfonamides is 1. The van der Waals surface area contributed by atoms with Crippen molar-refractivity contribution in [2.75, 3.05) is 4.72 Å². The molecule has 2 aromatic carbocycles. The highest BCUT2D eigenvalue weighted by Gasteiger charge is 2.15. The van der Waals surface area contributed by atoms with Gasteiger partial charge in [-0.2, -0.15) is 0 Å². The van der Waals surface area contributed by atoms with E-state index in [2.05, 4.69) is 11.3 Å². The number of rotatable bonds is 4. The largest absolute Gasteiger partial charge is 0.279 e. The summed E-state index contributed by atoms with van der Waals surface area (Å²) in [5, 5.41) is 0. The van der Waals surface area contributed by atoms with Crippen LogP contribution < -0.4 is 4.72 Å². The summed E-state index contributed by atoms with van der Waals surface area (Å²) in [6.07, 6.45) is 1.40. The Kier molecular flexibility index (Phi) is 3.90. The van der Waals surface area contributed by atoms with Gasteiger partial charge in [-0.15, -0.1) is 0 Å². The van der Waals surface area contributed by atoms with Crippen molar-refractivity contribution in [2.24, 2.45) is 0 Å². The van der Waals surface area contributed by atoms with Crippen LogP contribution in [0.25, 0.3) is 6.08 Å². The fourth-order valence-corrected chi connectivity index (χ4v) is 2.80. The predicted molar refractivity (Wildman–Crippen MR) is 78.5 cm³/mol. The molecule has 0 spiro atoms. The highest BCUT2D eigenvalue weighted by atomic mass is 32.2. The van der Waals surface area contributed by atoms with Gasteiger partial charge < -0.3 is 0 Å². The van der Waals surface area contributed by atoms with E-state index in [0.717, 1.165) is 5.56 Å². The Hall–Kier alpha value is -2.14. The van der Waals surface area contributed by atoms with Crippen molar-refractivity contribution in [3.8, 4) is 0 Å². The van der Waals surface area contributed by atoms with Gasteiger partial charge in [0.15, 0.2) is 0 Å². The van der Waals surface area contributed by atoms with E-state index in [1.54, 1.807) is 12.1 Å². The van der Waals surface area contributed by atoms with Gasteiger partial charge >= 0.3 is 0 Å². The third-order valence-electron chi connectivity index (χ3n) is 2.81. The lowest BCUT2D eigenvalue weighted by atomic mass is 10.2. The lowest BCUT2D eigenvalue weighted by Gasteiger charge is -2.11. The maximum Gasteiger partial charge on any atom is 0.261 e. The zero-order valence-corrected chi connectivity index (χ0v) is 11.7. The summed E-state index contributed by atoms with van der Waals surface area (Å²) in [5.41, 5.74) is 1.65. The number of aryl methyl sites for hydroxylation is 1. The van der Waals surface area contributed by atoms with Gasteiger partial charge in [-0.05, 0) is 37.3 Å². The van der Waals surface area contributed by atoms with Crippen molar-refractivity contribution in [1.29, 1.82) is 0 Å². The Bertz CT molecular complexity index is 737. The van der Waals surface area contributed by atoms with Gasteiger partial charge in [0.05, 0.1) is 10.6 Å². The van der Waals surface area contributed by atoms with Crippen LogP contribution in [0.15, 0.2) is 53.9 Å². The van der Waals surface area contributed by atoms with E-state index < -0.39 is 15.8 Å². The van der Waals surface area contributed by atoms with Gasteiger partial charge in [0.2, 0.25) is 0 Å². The Labute approximate surface area is 117 Å². The highest BCUT2D eigenvalue weighted by molar-refractivity contribution is 7.92. The van der Waals surface area contributed by atoms with Crippen molar-refractivity contribution in [3.05, 3.63) is 66.0 Å². The first-order valence-corrected chi connectivity index (χ1v) is 7.42. The molecule has 0 amide bonds. The summed E-state index contributed by atoms with van der Waals surface area (Å²) in [6, 6.07) is 10.3. The summed E-state index contributed by atoms with van der Waals surface area (Å²) in [5.74, 6) is -0.446. The highest BCUT2D eigenvalue weighted by Crippen LogP contribution is 2.22. The molecule has 1 N–H and O–H groups in total. The Morgan fingerprint density at radius 2 is 1.80 bits per heavy atom. The second kappa shape index (κ2) is 5.46. The summed E-state index contributed by atoms with van der Waals surface area (Å²) >= 11 is 0. The van der Waals surface area contributed by atoms with Crippen LogP contribution >= 0.6 is 0 Å². The average Bonchev–Trinajstić information content (AvgIpc) is 2.41. The smallest absolute Gasteiger partial charge is 0.261 e. The summed E-state index contributed by atoms with van der Waals surface area (Å²) in [4.78, 5) is 0.155. The first-order valence-electron chi connectivity index (χ1n) is 5.94. The maximum atomic E-state index is 13.1. The monoisotopic (exact) mass is 291 g/mol. The molecular weight excluding hydrogens is 277 g/mol. The van der Waals surface area contributed by atoms with Crippen LogP contribution in [0.1, 0.15) is 11.1 Å². The fourth-order valence-electron chi connectivity index (χ4n) is 1.72. The van der Waals surface area contributed by atoms with Gasteiger partial charge in [-0.3, -0.25) is 4.72 Å². The van der Waals surface area contributed by atoms with E-state index in [9.17, 15) is 12.8 Å². The average molecular weight is 291 g/mol. The molecule has 20 heavy (non-hydrogen) atoms. The topological polar surface area (TPSA) is 46.2 Å². The molecule has 2 rings (SSSR count). The van der Waals surface area contributed by atoms with Crippen molar-refractivity contribution in [2.45, 2.75) is 11.8 Å². The van der Waals surface area contributed by atoms with E-state index in [-0.39, 0.29) is 4.90 Å². The van der Waals surface area contributed by atoms with Crippen molar-refractivity contribution in [1.82, 2.24) is 0 Å². The molecule has 0 fully saturated rings. The minimum atomic E-state index is -3.70. The number of benzene rings is 2. The lowest BCUT2D eigenvalue weighted by Crippen LogP contribution is -2.13. The number of nitrogens with one attached hydrogen (secondary N) is 1. The number of halogens is 1. The van der Waals surface area contributed by atoms with E-state index in [1.807, 2.05) is 6.92 Å². The van der Waals surface area contributed by atoms with Gasteiger partial charge in [0.1, 0.15) is 5.82 Å². The maximum absolute atomic E-state index is 13.1. The molecular formula is C15H14FNO2S. The minimum Gasteiger partial charge on any atom is -0.279 e. The number of hydrogen-bond acceptors (Lipinski definition) is 2. The molecule has 0 aliphatic carbocycles. The molecule has 2 aromatic rings. The normalized spacial score (nSPS) is 11.1. The minimum absolute atomic E-state index is 0.155. The van der Waals surface area contributed by atoms with Crippen LogP contribution in [-0.2, 0) is 10.0 Å². The van der Waals surface area contributed by atoms with Gasteiger partial charge in [-0.25, -0.2) is 12.8 Å². The summed E-state index contributed by atoms with van der Waals surface area (Å²) in [7, 11) is -3.70. The molecule has 0 radical (unpaired) electrons. The summed E-state index contributed by atoms with van der Waals surface area (Å²) < 4.78 is 40.0.